The molecular formula is C15H17ClN4O. The van der Waals surface area contributed by atoms with E-state index in [-0.39, 0.29) is 5.38 Å². The van der Waals surface area contributed by atoms with Crippen molar-refractivity contribution in [1.29, 1.82) is 0 Å². The van der Waals surface area contributed by atoms with Crippen molar-refractivity contribution in [3.63, 3.8) is 0 Å². The number of halogens is 1. The van der Waals surface area contributed by atoms with Crippen molar-refractivity contribution in [2.45, 2.75) is 39.6 Å². The smallest absolute Gasteiger partial charge is 0.214 e. The molecule has 0 aliphatic carbocycles. The lowest BCUT2D eigenvalue weighted by Crippen LogP contribution is -2.06. The van der Waals surface area contributed by atoms with Gasteiger partial charge in [-0.25, -0.2) is 15.0 Å². The first-order valence-electron chi connectivity index (χ1n) is 6.86. The average molecular weight is 305 g/mol. The van der Waals surface area contributed by atoms with Gasteiger partial charge in [0, 0.05) is 6.20 Å². The zero-order valence-electron chi connectivity index (χ0n) is 12.5. The molecule has 0 N–H and O–H groups in total. The van der Waals surface area contributed by atoms with Crippen LogP contribution in [-0.2, 0) is 6.54 Å². The van der Waals surface area contributed by atoms with Gasteiger partial charge in [-0.2, -0.15) is 0 Å². The number of alkyl halides is 1. The summed E-state index contributed by atoms with van der Waals surface area (Å²) in [6, 6.07) is 1.95. The minimum absolute atomic E-state index is 0.212. The zero-order valence-corrected chi connectivity index (χ0v) is 13.3. The van der Waals surface area contributed by atoms with E-state index in [1.54, 1.807) is 6.20 Å². The van der Waals surface area contributed by atoms with Crippen LogP contribution in [0.2, 0.25) is 0 Å². The number of imidazole rings is 1. The van der Waals surface area contributed by atoms with Crippen molar-refractivity contribution in [2.24, 2.45) is 0 Å². The summed E-state index contributed by atoms with van der Waals surface area (Å²) in [6.07, 6.45) is 1.78. The minimum atomic E-state index is -0.212. The van der Waals surface area contributed by atoms with Crippen LogP contribution in [0.15, 0.2) is 16.7 Å². The SMILES string of the molecule is Cc1nc(Cn2c(C(C)Cl)nc3c(C)ccnc32)oc1C. The Labute approximate surface area is 128 Å². The summed E-state index contributed by atoms with van der Waals surface area (Å²) in [5.41, 5.74) is 3.67. The van der Waals surface area contributed by atoms with Gasteiger partial charge < -0.3 is 8.98 Å². The molecule has 5 nitrogen and oxygen atoms in total. The Kier molecular flexibility index (Phi) is 3.45. The van der Waals surface area contributed by atoms with Crippen molar-refractivity contribution < 1.29 is 4.42 Å². The number of aryl methyl sites for hydroxylation is 3. The van der Waals surface area contributed by atoms with Crippen molar-refractivity contribution in [3.8, 4) is 0 Å². The molecule has 3 heterocycles. The van der Waals surface area contributed by atoms with E-state index in [0.29, 0.717) is 12.4 Å². The maximum absolute atomic E-state index is 6.27. The molecule has 0 bridgehead atoms. The van der Waals surface area contributed by atoms with E-state index in [1.165, 1.54) is 0 Å². The van der Waals surface area contributed by atoms with Crippen LogP contribution in [0.25, 0.3) is 11.2 Å². The molecule has 3 aromatic rings. The highest BCUT2D eigenvalue weighted by Crippen LogP contribution is 2.26. The Bertz CT molecular complexity index is 784. The van der Waals surface area contributed by atoms with Crippen LogP contribution < -0.4 is 0 Å². The zero-order chi connectivity index (χ0) is 15.1. The largest absolute Gasteiger partial charge is 0.444 e. The van der Waals surface area contributed by atoms with E-state index >= 15 is 0 Å². The standard InChI is InChI=1S/C15H17ClN4O/c1-8-5-6-17-15-13(8)19-14(9(2)16)20(15)7-12-18-10(3)11(4)21-12/h5-6,9H,7H2,1-4H3. The molecule has 0 fully saturated rings. The first-order chi connectivity index (χ1) is 9.97. The van der Waals surface area contributed by atoms with Gasteiger partial charge in [0.2, 0.25) is 5.89 Å². The topological polar surface area (TPSA) is 56.7 Å². The summed E-state index contributed by atoms with van der Waals surface area (Å²) >= 11 is 6.27. The second-order valence-corrected chi connectivity index (χ2v) is 5.88. The van der Waals surface area contributed by atoms with Gasteiger partial charge in [0.05, 0.1) is 11.1 Å². The summed E-state index contributed by atoms with van der Waals surface area (Å²) in [4.78, 5) is 13.5. The highest BCUT2D eigenvalue weighted by molar-refractivity contribution is 6.20. The third-order valence-electron chi connectivity index (χ3n) is 3.59. The number of nitrogens with zero attached hydrogens (tertiary/aromatic N) is 4. The molecule has 0 aliphatic rings. The predicted octanol–water partition coefficient (Wildman–Crippen LogP) is 3.69. The molecule has 0 saturated carbocycles. The summed E-state index contributed by atoms with van der Waals surface area (Å²) < 4.78 is 7.65. The fourth-order valence-corrected chi connectivity index (χ4v) is 2.52. The Hall–Kier alpha value is -1.88. The number of fused-ring (bicyclic) bond motifs is 1. The lowest BCUT2D eigenvalue weighted by Gasteiger charge is -2.07. The van der Waals surface area contributed by atoms with Crippen molar-refractivity contribution in [3.05, 3.63) is 41.0 Å². The van der Waals surface area contributed by atoms with E-state index in [1.807, 2.05) is 38.3 Å². The lowest BCUT2D eigenvalue weighted by molar-refractivity contribution is 0.455. The van der Waals surface area contributed by atoms with Gasteiger partial charge in [0.1, 0.15) is 23.6 Å². The van der Waals surface area contributed by atoms with Crippen LogP contribution in [0, 0.1) is 20.8 Å². The maximum Gasteiger partial charge on any atom is 0.214 e. The highest BCUT2D eigenvalue weighted by Gasteiger charge is 2.19. The van der Waals surface area contributed by atoms with Crippen LogP contribution >= 0.6 is 11.6 Å². The van der Waals surface area contributed by atoms with E-state index < -0.39 is 0 Å². The first kappa shape index (κ1) is 14.1. The molecule has 0 spiro atoms. The van der Waals surface area contributed by atoms with Gasteiger partial charge in [0.15, 0.2) is 5.65 Å². The summed E-state index contributed by atoms with van der Waals surface area (Å²) in [5.74, 6) is 2.26. The molecule has 0 amide bonds. The van der Waals surface area contributed by atoms with E-state index in [0.717, 1.165) is 34.0 Å². The minimum Gasteiger partial charge on any atom is -0.444 e. The number of hydrogen-bond donors (Lipinski definition) is 0. The number of oxazole rings is 1. The maximum atomic E-state index is 6.27. The summed E-state index contributed by atoms with van der Waals surface area (Å²) in [5, 5.41) is -0.212. The van der Waals surface area contributed by atoms with Crippen LogP contribution in [0.4, 0.5) is 0 Å². The van der Waals surface area contributed by atoms with Gasteiger partial charge in [-0.1, -0.05) is 0 Å². The molecule has 3 aromatic heterocycles. The average Bonchev–Trinajstić information content (AvgIpc) is 2.93. The van der Waals surface area contributed by atoms with E-state index in [2.05, 4.69) is 15.0 Å². The molecule has 110 valence electrons. The molecule has 1 unspecified atom stereocenters. The molecule has 21 heavy (non-hydrogen) atoms. The van der Waals surface area contributed by atoms with Gasteiger partial charge in [-0.15, -0.1) is 11.6 Å². The molecule has 0 aliphatic heterocycles. The molecule has 0 radical (unpaired) electrons. The van der Waals surface area contributed by atoms with E-state index in [9.17, 15) is 0 Å². The Morgan fingerprint density at radius 3 is 2.67 bits per heavy atom. The second-order valence-electron chi connectivity index (χ2n) is 5.22. The monoisotopic (exact) mass is 304 g/mol. The van der Waals surface area contributed by atoms with Gasteiger partial charge in [0.25, 0.3) is 0 Å². The fraction of sp³-hybridized carbons (Fsp3) is 0.400. The second kappa shape index (κ2) is 5.15. The Morgan fingerprint density at radius 1 is 1.29 bits per heavy atom. The van der Waals surface area contributed by atoms with Crippen LogP contribution in [-0.4, -0.2) is 19.5 Å². The van der Waals surface area contributed by atoms with Crippen LogP contribution in [0.3, 0.4) is 0 Å². The van der Waals surface area contributed by atoms with E-state index in [4.69, 9.17) is 16.0 Å². The van der Waals surface area contributed by atoms with Gasteiger partial charge >= 0.3 is 0 Å². The first-order valence-corrected chi connectivity index (χ1v) is 7.29. The molecular weight excluding hydrogens is 288 g/mol. The van der Waals surface area contributed by atoms with Crippen LogP contribution in [0.1, 0.15) is 41.0 Å². The lowest BCUT2D eigenvalue weighted by atomic mass is 10.3. The molecule has 0 aromatic carbocycles. The fourth-order valence-electron chi connectivity index (χ4n) is 2.36. The number of hydrogen-bond acceptors (Lipinski definition) is 4. The molecule has 0 saturated heterocycles. The Morgan fingerprint density at radius 2 is 2.05 bits per heavy atom. The van der Waals surface area contributed by atoms with Crippen molar-refractivity contribution >= 4 is 22.8 Å². The third kappa shape index (κ3) is 2.42. The van der Waals surface area contributed by atoms with Crippen molar-refractivity contribution in [1.82, 2.24) is 19.5 Å². The van der Waals surface area contributed by atoms with Crippen molar-refractivity contribution in [2.75, 3.05) is 0 Å². The normalized spacial score (nSPS) is 13.0. The number of aromatic nitrogens is 4. The predicted molar refractivity (Wildman–Crippen MR) is 81.6 cm³/mol. The molecule has 3 rings (SSSR count). The van der Waals surface area contributed by atoms with Gasteiger partial charge in [-0.05, 0) is 39.3 Å². The van der Waals surface area contributed by atoms with Crippen LogP contribution in [0.5, 0.6) is 0 Å². The quantitative estimate of drug-likeness (QED) is 0.692. The highest BCUT2D eigenvalue weighted by atomic mass is 35.5. The Balaban J connectivity index is 2.15. The van der Waals surface area contributed by atoms with Gasteiger partial charge in [-0.3, -0.25) is 0 Å². The molecule has 1 atom stereocenters. The molecule has 6 heteroatoms. The third-order valence-corrected chi connectivity index (χ3v) is 3.78. The number of pyridine rings is 1. The summed E-state index contributed by atoms with van der Waals surface area (Å²) in [7, 11) is 0. The number of rotatable bonds is 3. The summed E-state index contributed by atoms with van der Waals surface area (Å²) in [6.45, 7) is 8.24.